The Kier molecular flexibility index (Phi) is 7.98. The van der Waals surface area contributed by atoms with Gasteiger partial charge in [0.1, 0.15) is 0 Å². The number of rotatable bonds is 10. The highest BCUT2D eigenvalue weighted by molar-refractivity contribution is 7.99. The van der Waals surface area contributed by atoms with E-state index in [-0.39, 0.29) is 11.5 Å². The fraction of sp³-hybridized carbons (Fsp3) is 0.526. The van der Waals surface area contributed by atoms with E-state index in [1.54, 1.807) is 16.3 Å². The van der Waals surface area contributed by atoms with E-state index in [1.165, 1.54) is 0 Å². The van der Waals surface area contributed by atoms with Gasteiger partial charge in [0.25, 0.3) is 5.56 Å². The molecule has 6 heteroatoms. The van der Waals surface area contributed by atoms with Crippen molar-refractivity contribution in [1.82, 2.24) is 14.9 Å². The predicted octanol–water partition coefficient (Wildman–Crippen LogP) is 3.60. The molecule has 0 saturated carbocycles. The minimum atomic E-state index is 0.0194. The highest BCUT2D eigenvalue weighted by Crippen LogP contribution is 2.19. The molecule has 2 aromatic rings. The molecule has 25 heavy (non-hydrogen) atoms. The third kappa shape index (κ3) is 5.59. The first-order valence-electron chi connectivity index (χ1n) is 9.06. The van der Waals surface area contributed by atoms with Gasteiger partial charge in [0.15, 0.2) is 5.16 Å². The third-order valence-corrected chi connectivity index (χ3v) is 5.09. The van der Waals surface area contributed by atoms with Gasteiger partial charge in [-0.2, -0.15) is 0 Å². The molecule has 0 spiro atoms. The standard InChI is InChI=1S/C19H27N3O2S/c1-3-5-13-20-17(23)12-8-9-14-25-19-21-16-11-7-6-10-15(16)18(24)22(19)4-2/h6-7,10-11H,3-5,8-9,12-14H2,1-2H3,(H,20,23). The first-order chi connectivity index (χ1) is 12.2. The van der Waals surface area contributed by atoms with Gasteiger partial charge in [0, 0.05) is 25.3 Å². The smallest absolute Gasteiger partial charge is 0.262 e. The lowest BCUT2D eigenvalue weighted by atomic mass is 10.2. The van der Waals surface area contributed by atoms with Gasteiger partial charge in [-0.15, -0.1) is 0 Å². The quantitative estimate of drug-likeness (QED) is 0.399. The largest absolute Gasteiger partial charge is 0.356 e. The Bertz CT molecular complexity index is 758. The molecule has 5 nitrogen and oxygen atoms in total. The number of fused-ring (bicyclic) bond motifs is 1. The van der Waals surface area contributed by atoms with Crippen molar-refractivity contribution in [3.05, 3.63) is 34.6 Å². The lowest BCUT2D eigenvalue weighted by Crippen LogP contribution is -2.24. The lowest BCUT2D eigenvalue weighted by Gasteiger charge is -2.11. The first-order valence-corrected chi connectivity index (χ1v) is 10.0. The van der Waals surface area contributed by atoms with Crippen LogP contribution >= 0.6 is 11.8 Å². The molecule has 1 aromatic carbocycles. The van der Waals surface area contributed by atoms with Crippen LogP contribution in [0.25, 0.3) is 10.9 Å². The molecule has 1 heterocycles. The first kappa shape index (κ1) is 19.5. The van der Waals surface area contributed by atoms with Gasteiger partial charge in [-0.25, -0.2) is 4.98 Å². The molecule has 0 aliphatic carbocycles. The van der Waals surface area contributed by atoms with Gasteiger partial charge >= 0.3 is 0 Å². The van der Waals surface area contributed by atoms with Crippen molar-refractivity contribution in [3.8, 4) is 0 Å². The average Bonchev–Trinajstić information content (AvgIpc) is 2.62. The fourth-order valence-electron chi connectivity index (χ4n) is 2.58. The highest BCUT2D eigenvalue weighted by atomic mass is 32.2. The maximum Gasteiger partial charge on any atom is 0.262 e. The average molecular weight is 362 g/mol. The van der Waals surface area contributed by atoms with E-state index in [4.69, 9.17) is 0 Å². The van der Waals surface area contributed by atoms with Gasteiger partial charge in [-0.1, -0.05) is 37.2 Å². The second-order valence-corrected chi connectivity index (χ2v) is 7.03. The number of hydrogen-bond acceptors (Lipinski definition) is 4. The maximum absolute atomic E-state index is 12.5. The summed E-state index contributed by atoms with van der Waals surface area (Å²) in [6.07, 6.45) is 4.47. The summed E-state index contributed by atoms with van der Waals surface area (Å²) in [5, 5.41) is 4.36. The molecule has 0 atom stereocenters. The summed E-state index contributed by atoms with van der Waals surface area (Å²) in [4.78, 5) is 28.8. The molecule has 2 rings (SSSR count). The van der Waals surface area contributed by atoms with E-state index in [0.29, 0.717) is 18.4 Å². The molecular weight excluding hydrogens is 334 g/mol. The van der Waals surface area contributed by atoms with E-state index in [9.17, 15) is 9.59 Å². The minimum Gasteiger partial charge on any atom is -0.356 e. The molecule has 0 aliphatic heterocycles. The fourth-order valence-corrected chi connectivity index (χ4v) is 3.64. The zero-order chi connectivity index (χ0) is 18.1. The number of hydrogen-bond donors (Lipinski definition) is 1. The summed E-state index contributed by atoms with van der Waals surface area (Å²) in [7, 11) is 0. The van der Waals surface area contributed by atoms with Crippen molar-refractivity contribution in [1.29, 1.82) is 0 Å². The Morgan fingerprint density at radius 1 is 1.20 bits per heavy atom. The summed E-state index contributed by atoms with van der Waals surface area (Å²) in [6.45, 7) is 5.45. The number of para-hydroxylation sites is 1. The SMILES string of the molecule is CCCCNC(=O)CCCCSc1nc2ccccc2c(=O)n1CC. The van der Waals surface area contributed by atoms with Crippen LogP contribution in [0.5, 0.6) is 0 Å². The van der Waals surface area contributed by atoms with Crippen LogP contribution < -0.4 is 10.9 Å². The number of unbranched alkanes of at least 4 members (excludes halogenated alkanes) is 2. The topological polar surface area (TPSA) is 64.0 Å². The summed E-state index contributed by atoms with van der Waals surface area (Å²) in [5.41, 5.74) is 0.765. The number of benzene rings is 1. The van der Waals surface area contributed by atoms with Gasteiger partial charge < -0.3 is 5.32 Å². The van der Waals surface area contributed by atoms with Crippen LogP contribution in [0, 0.1) is 0 Å². The molecular formula is C19H27N3O2S. The van der Waals surface area contributed by atoms with Gasteiger partial charge in [-0.05, 0) is 38.3 Å². The minimum absolute atomic E-state index is 0.0194. The van der Waals surface area contributed by atoms with E-state index in [1.807, 2.05) is 31.2 Å². The summed E-state index contributed by atoms with van der Waals surface area (Å²) < 4.78 is 1.73. The number of amides is 1. The number of nitrogens with zero attached hydrogens (tertiary/aromatic N) is 2. The predicted molar refractivity (Wildman–Crippen MR) is 104 cm³/mol. The number of aromatic nitrogens is 2. The normalized spacial score (nSPS) is 11.0. The van der Waals surface area contributed by atoms with Crippen molar-refractivity contribution < 1.29 is 4.79 Å². The number of carbonyl (C=O) groups is 1. The van der Waals surface area contributed by atoms with Crippen LogP contribution in [0.2, 0.25) is 0 Å². The molecule has 0 unspecified atom stereocenters. The Balaban J connectivity index is 1.87. The van der Waals surface area contributed by atoms with Gasteiger partial charge in [0.2, 0.25) is 5.91 Å². The molecule has 0 saturated heterocycles. The second kappa shape index (κ2) is 10.2. The van der Waals surface area contributed by atoms with E-state index in [0.717, 1.165) is 48.7 Å². The van der Waals surface area contributed by atoms with Crippen molar-refractivity contribution in [3.63, 3.8) is 0 Å². The molecule has 1 amide bonds. The molecule has 136 valence electrons. The van der Waals surface area contributed by atoms with Gasteiger partial charge in [0.05, 0.1) is 10.9 Å². The lowest BCUT2D eigenvalue weighted by molar-refractivity contribution is -0.121. The van der Waals surface area contributed by atoms with Crippen LogP contribution in [0.1, 0.15) is 46.0 Å². The molecule has 1 aromatic heterocycles. The maximum atomic E-state index is 12.5. The molecule has 0 fully saturated rings. The Morgan fingerprint density at radius 3 is 2.76 bits per heavy atom. The van der Waals surface area contributed by atoms with E-state index < -0.39 is 0 Å². The summed E-state index contributed by atoms with van der Waals surface area (Å²) >= 11 is 1.59. The second-order valence-electron chi connectivity index (χ2n) is 5.97. The molecule has 0 radical (unpaired) electrons. The van der Waals surface area contributed by atoms with Crippen molar-refractivity contribution in [2.45, 2.75) is 57.7 Å². The molecule has 1 N–H and O–H groups in total. The third-order valence-electron chi connectivity index (χ3n) is 4.02. The van der Waals surface area contributed by atoms with Crippen LogP contribution in [0.15, 0.2) is 34.2 Å². The van der Waals surface area contributed by atoms with Crippen LogP contribution in [-0.4, -0.2) is 27.8 Å². The van der Waals surface area contributed by atoms with Crippen molar-refractivity contribution in [2.24, 2.45) is 0 Å². The number of thioether (sulfide) groups is 1. The van der Waals surface area contributed by atoms with Crippen LogP contribution in [0.3, 0.4) is 0 Å². The number of nitrogens with one attached hydrogen (secondary N) is 1. The zero-order valence-electron chi connectivity index (χ0n) is 15.1. The Morgan fingerprint density at radius 2 is 2.00 bits per heavy atom. The molecule has 0 aliphatic rings. The summed E-state index contributed by atoms with van der Waals surface area (Å²) in [6, 6.07) is 7.46. The monoisotopic (exact) mass is 361 g/mol. The Labute approximate surface area is 153 Å². The molecule has 0 bridgehead atoms. The van der Waals surface area contributed by atoms with Crippen molar-refractivity contribution >= 4 is 28.6 Å². The van der Waals surface area contributed by atoms with E-state index >= 15 is 0 Å². The highest BCUT2D eigenvalue weighted by Gasteiger charge is 2.10. The summed E-state index contributed by atoms with van der Waals surface area (Å²) in [5.74, 6) is 0.986. The zero-order valence-corrected chi connectivity index (χ0v) is 15.9. The number of carbonyl (C=O) groups excluding carboxylic acids is 1. The van der Waals surface area contributed by atoms with Gasteiger partial charge in [-0.3, -0.25) is 14.2 Å². The van der Waals surface area contributed by atoms with E-state index in [2.05, 4.69) is 17.2 Å². The van der Waals surface area contributed by atoms with Crippen molar-refractivity contribution in [2.75, 3.05) is 12.3 Å². The van der Waals surface area contributed by atoms with Crippen LogP contribution in [-0.2, 0) is 11.3 Å². The van der Waals surface area contributed by atoms with Crippen LogP contribution in [0.4, 0.5) is 0 Å². The Hall–Kier alpha value is -1.82.